The summed E-state index contributed by atoms with van der Waals surface area (Å²) in [6.07, 6.45) is 2.43. The van der Waals surface area contributed by atoms with E-state index in [4.69, 9.17) is 4.74 Å². The van der Waals surface area contributed by atoms with Gasteiger partial charge in [0.2, 0.25) is 0 Å². The van der Waals surface area contributed by atoms with Gasteiger partial charge in [-0.3, -0.25) is 0 Å². The van der Waals surface area contributed by atoms with Gasteiger partial charge < -0.3 is 15.0 Å². The van der Waals surface area contributed by atoms with Gasteiger partial charge in [0, 0.05) is 6.54 Å². The number of likely N-dealkylation sites (N-methyl/N-ethyl adjacent to an activating group) is 1. The Kier molecular flexibility index (Phi) is 5.02. The third-order valence-electron chi connectivity index (χ3n) is 3.49. The van der Waals surface area contributed by atoms with Gasteiger partial charge in [-0.25, -0.2) is 0 Å². The maximum Gasteiger partial charge on any atom is 0.122 e. The summed E-state index contributed by atoms with van der Waals surface area (Å²) >= 11 is 0. The summed E-state index contributed by atoms with van der Waals surface area (Å²) in [5, 5.41) is 3.41. The molecule has 1 aliphatic heterocycles. The largest absolute Gasteiger partial charge is 0.492 e. The van der Waals surface area contributed by atoms with Gasteiger partial charge in [0.15, 0.2) is 0 Å². The van der Waals surface area contributed by atoms with Crippen molar-refractivity contribution in [3.63, 3.8) is 0 Å². The molecule has 1 aliphatic rings. The van der Waals surface area contributed by atoms with Crippen molar-refractivity contribution in [2.75, 3.05) is 40.3 Å². The lowest BCUT2D eigenvalue weighted by Crippen LogP contribution is -2.27. The molecule has 0 bridgehead atoms. The molecule has 1 heterocycles. The van der Waals surface area contributed by atoms with Crippen molar-refractivity contribution in [1.82, 2.24) is 10.2 Å². The van der Waals surface area contributed by atoms with Gasteiger partial charge in [-0.2, -0.15) is 0 Å². The van der Waals surface area contributed by atoms with E-state index in [1.807, 2.05) is 0 Å². The van der Waals surface area contributed by atoms with Crippen LogP contribution < -0.4 is 10.1 Å². The summed E-state index contributed by atoms with van der Waals surface area (Å²) in [6, 6.07) is 8.51. The maximum atomic E-state index is 5.94. The van der Waals surface area contributed by atoms with Gasteiger partial charge in [0.25, 0.3) is 0 Å². The molecule has 1 N–H and O–H groups in total. The molecule has 3 nitrogen and oxygen atoms in total. The van der Waals surface area contributed by atoms with E-state index in [0.717, 1.165) is 32.0 Å². The van der Waals surface area contributed by atoms with E-state index in [2.05, 4.69) is 48.6 Å². The zero-order valence-electron chi connectivity index (χ0n) is 11.5. The fourth-order valence-electron chi connectivity index (χ4n) is 2.42. The third kappa shape index (κ3) is 3.72. The van der Waals surface area contributed by atoms with Crippen LogP contribution in [-0.4, -0.2) is 45.2 Å². The first-order valence-electron chi connectivity index (χ1n) is 6.84. The van der Waals surface area contributed by atoms with E-state index in [1.165, 1.54) is 18.4 Å². The SMILES string of the molecule is CN(C)CCOc1ccccc1C1CCNCC1. The molecule has 1 fully saturated rings. The highest BCUT2D eigenvalue weighted by molar-refractivity contribution is 5.36. The lowest BCUT2D eigenvalue weighted by Gasteiger charge is -2.25. The van der Waals surface area contributed by atoms with Crippen LogP contribution in [-0.2, 0) is 0 Å². The number of hydrogen-bond donors (Lipinski definition) is 1. The average molecular weight is 248 g/mol. The summed E-state index contributed by atoms with van der Waals surface area (Å²) in [6.45, 7) is 3.96. The van der Waals surface area contributed by atoms with Crippen LogP contribution in [0.15, 0.2) is 24.3 Å². The summed E-state index contributed by atoms with van der Waals surface area (Å²) in [7, 11) is 4.14. The molecular weight excluding hydrogens is 224 g/mol. The molecule has 3 heteroatoms. The minimum atomic E-state index is 0.654. The van der Waals surface area contributed by atoms with Crippen molar-refractivity contribution in [2.24, 2.45) is 0 Å². The highest BCUT2D eigenvalue weighted by Gasteiger charge is 2.18. The second-order valence-electron chi connectivity index (χ2n) is 5.21. The van der Waals surface area contributed by atoms with Crippen LogP contribution in [0.25, 0.3) is 0 Å². The normalized spacial score (nSPS) is 17.1. The highest BCUT2D eigenvalue weighted by atomic mass is 16.5. The van der Waals surface area contributed by atoms with Gasteiger partial charge in [-0.05, 0) is 57.6 Å². The van der Waals surface area contributed by atoms with E-state index in [0.29, 0.717) is 5.92 Å². The van der Waals surface area contributed by atoms with Crippen molar-refractivity contribution in [3.8, 4) is 5.75 Å². The standard InChI is InChI=1S/C15H24N2O/c1-17(2)11-12-18-15-6-4-3-5-14(15)13-7-9-16-10-8-13/h3-6,13,16H,7-12H2,1-2H3. The Bertz CT molecular complexity index is 359. The van der Waals surface area contributed by atoms with E-state index in [-0.39, 0.29) is 0 Å². The number of rotatable bonds is 5. The van der Waals surface area contributed by atoms with Gasteiger partial charge in [0.05, 0.1) is 0 Å². The zero-order chi connectivity index (χ0) is 12.8. The summed E-state index contributed by atoms with van der Waals surface area (Å²) < 4.78 is 5.94. The molecule has 1 saturated heterocycles. The van der Waals surface area contributed by atoms with Crippen molar-refractivity contribution in [1.29, 1.82) is 0 Å². The number of hydrogen-bond acceptors (Lipinski definition) is 3. The molecule has 0 amide bonds. The Balaban J connectivity index is 2.00. The lowest BCUT2D eigenvalue weighted by molar-refractivity contribution is 0.257. The third-order valence-corrected chi connectivity index (χ3v) is 3.49. The lowest BCUT2D eigenvalue weighted by atomic mass is 9.89. The Morgan fingerprint density at radius 3 is 2.67 bits per heavy atom. The van der Waals surface area contributed by atoms with Crippen LogP contribution >= 0.6 is 0 Å². The van der Waals surface area contributed by atoms with Crippen LogP contribution in [0.4, 0.5) is 0 Å². The van der Waals surface area contributed by atoms with Gasteiger partial charge in [-0.1, -0.05) is 18.2 Å². The average Bonchev–Trinajstić information content (AvgIpc) is 2.40. The molecule has 2 rings (SSSR count). The first kappa shape index (κ1) is 13.4. The van der Waals surface area contributed by atoms with Gasteiger partial charge in [0.1, 0.15) is 12.4 Å². The number of para-hydroxylation sites is 1. The molecule has 0 radical (unpaired) electrons. The highest BCUT2D eigenvalue weighted by Crippen LogP contribution is 2.32. The summed E-state index contributed by atoms with van der Waals surface area (Å²) in [5.41, 5.74) is 1.39. The van der Waals surface area contributed by atoms with E-state index >= 15 is 0 Å². The first-order valence-corrected chi connectivity index (χ1v) is 6.84. The monoisotopic (exact) mass is 248 g/mol. The molecule has 100 valence electrons. The predicted octanol–water partition coefficient (Wildman–Crippen LogP) is 2.09. The number of nitrogens with one attached hydrogen (secondary N) is 1. The smallest absolute Gasteiger partial charge is 0.122 e. The Morgan fingerprint density at radius 1 is 1.22 bits per heavy atom. The molecule has 0 aromatic heterocycles. The quantitative estimate of drug-likeness (QED) is 0.863. The second-order valence-corrected chi connectivity index (χ2v) is 5.21. The Labute approximate surface area is 110 Å². The first-order chi connectivity index (χ1) is 8.77. The minimum Gasteiger partial charge on any atom is -0.492 e. The van der Waals surface area contributed by atoms with E-state index < -0.39 is 0 Å². The molecule has 0 spiro atoms. The number of ether oxygens (including phenoxy) is 1. The molecular formula is C15H24N2O. The number of benzene rings is 1. The molecule has 1 aromatic carbocycles. The van der Waals surface area contributed by atoms with Crippen molar-refractivity contribution in [2.45, 2.75) is 18.8 Å². The Hall–Kier alpha value is -1.06. The van der Waals surface area contributed by atoms with Crippen molar-refractivity contribution in [3.05, 3.63) is 29.8 Å². The fraction of sp³-hybridized carbons (Fsp3) is 0.600. The number of piperidine rings is 1. The van der Waals surface area contributed by atoms with E-state index in [9.17, 15) is 0 Å². The van der Waals surface area contributed by atoms with Gasteiger partial charge in [-0.15, -0.1) is 0 Å². The minimum absolute atomic E-state index is 0.654. The van der Waals surface area contributed by atoms with Crippen molar-refractivity contribution >= 4 is 0 Å². The van der Waals surface area contributed by atoms with Crippen LogP contribution in [0.5, 0.6) is 5.75 Å². The molecule has 0 saturated carbocycles. The predicted molar refractivity (Wildman–Crippen MR) is 75.3 cm³/mol. The Morgan fingerprint density at radius 2 is 1.94 bits per heavy atom. The topological polar surface area (TPSA) is 24.5 Å². The van der Waals surface area contributed by atoms with Crippen LogP contribution in [0, 0.1) is 0 Å². The molecule has 1 aromatic rings. The molecule has 18 heavy (non-hydrogen) atoms. The fourth-order valence-corrected chi connectivity index (χ4v) is 2.42. The van der Waals surface area contributed by atoms with Crippen molar-refractivity contribution < 1.29 is 4.74 Å². The number of nitrogens with zero attached hydrogens (tertiary/aromatic N) is 1. The summed E-state index contributed by atoms with van der Waals surface area (Å²) in [5.74, 6) is 1.73. The van der Waals surface area contributed by atoms with Gasteiger partial charge >= 0.3 is 0 Å². The maximum absolute atomic E-state index is 5.94. The summed E-state index contributed by atoms with van der Waals surface area (Å²) in [4.78, 5) is 2.15. The molecule has 0 unspecified atom stereocenters. The molecule has 0 atom stereocenters. The van der Waals surface area contributed by atoms with Crippen LogP contribution in [0.3, 0.4) is 0 Å². The van der Waals surface area contributed by atoms with E-state index in [1.54, 1.807) is 0 Å². The zero-order valence-corrected chi connectivity index (χ0v) is 11.5. The van der Waals surface area contributed by atoms with Crippen LogP contribution in [0.2, 0.25) is 0 Å². The molecule has 0 aliphatic carbocycles. The second kappa shape index (κ2) is 6.76. The van der Waals surface area contributed by atoms with Crippen LogP contribution in [0.1, 0.15) is 24.3 Å².